The molecule has 2 heterocycles. The van der Waals surface area contributed by atoms with Gasteiger partial charge in [0, 0.05) is 6.42 Å². The first kappa shape index (κ1) is 20.9. The van der Waals surface area contributed by atoms with Gasteiger partial charge in [-0.1, -0.05) is 12.4 Å². The summed E-state index contributed by atoms with van der Waals surface area (Å²) in [6, 6.07) is 1.99. The standard InChI is InChI=1S/C17H22BN2O9/c19-11(16(22)23)2-4-13(21)20-7-10(8-20)28-12-3-1-9-5-6-18(26,27)29-15(9)14(12)17(24)25/h1,3,10-11,26-27H,2,4-8,19H2,(H,22,23)(H,24,25)/q-1/t11-/m0/s1. The third-order valence-electron chi connectivity index (χ3n) is 4.99. The number of carbonyl (C=O) groups excluding carboxylic acids is 1. The largest absolute Gasteiger partial charge is 0.669 e. The number of hydrogen-bond acceptors (Lipinski definition) is 8. The molecule has 1 amide bonds. The molecule has 0 bridgehead atoms. The zero-order chi connectivity index (χ0) is 21.3. The molecule has 1 atom stereocenters. The zero-order valence-corrected chi connectivity index (χ0v) is 15.5. The lowest BCUT2D eigenvalue weighted by Gasteiger charge is -2.40. The number of ether oxygens (including phenoxy) is 1. The van der Waals surface area contributed by atoms with Crippen LogP contribution in [0.4, 0.5) is 0 Å². The average Bonchev–Trinajstić information content (AvgIpc) is 2.60. The van der Waals surface area contributed by atoms with E-state index >= 15 is 0 Å². The second-order valence-corrected chi connectivity index (χ2v) is 7.27. The number of carboxylic acid groups (broad SMARTS) is 2. The van der Waals surface area contributed by atoms with Crippen LogP contribution in [-0.2, 0) is 16.0 Å². The normalized spacial score (nSPS) is 18.8. The van der Waals surface area contributed by atoms with Gasteiger partial charge < -0.3 is 40.3 Å². The maximum absolute atomic E-state index is 12.0. The Morgan fingerprint density at radius 1 is 1.28 bits per heavy atom. The van der Waals surface area contributed by atoms with Gasteiger partial charge in [-0.05, 0) is 24.5 Å². The number of benzene rings is 1. The van der Waals surface area contributed by atoms with E-state index in [2.05, 4.69) is 0 Å². The molecule has 158 valence electrons. The van der Waals surface area contributed by atoms with Crippen molar-refractivity contribution in [1.29, 1.82) is 0 Å². The molecule has 2 aliphatic rings. The number of aliphatic carboxylic acids is 1. The van der Waals surface area contributed by atoms with Gasteiger partial charge in [0.1, 0.15) is 23.5 Å². The summed E-state index contributed by atoms with van der Waals surface area (Å²) in [7, 11) is 0. The molecule has 11 nitrogen and oxygen atoms in total. The summed E-state index contributed by atoms with van der Waals surface area (Å²) in [5.41, 5.74) is 5.62. The van der Waals surface area contributed by atoms with Gasteiger partial charge in [-0.3, -0.25) is 9.59 Å². The summed E-state index contributed by atoms with van der Waals surface area (Å²) < 4.78 is 10.8. The number of nitrogens with zero attached hydrogens (tertiary/aromatic N) is 1. The number of carbonyl (C=O) groups is 3. The third kappa shape index (κ3) is 4.61. The Balaban J connectivity index is 1.63. The summed E-state index contributed by atoms with van der Waals surface area (Å²) in [4.78, 5) is 35.9. The Kier molecular flexibility index (Phi) is 5.69. The number of aromatic carboxylic acids is 1. The number of nitrogens with two attached hydrogens (primary N) is 1. The van der Waals surface area contributed by atoms with Crippen molar-refractivity contribution >= 4 is 24.6 Å². The van der Waals surface area contributed by atoms with Crippen molar-refractivity contribution in [2.75, 3.05) is 13.1 Å². The van der Waals surface area contributed by atoms with Crippen LogP contribution in [0, 0.1) is 0 Å². The maximum Gasteiger partial charge on any atom is 0.430 e. The van der Waals surface area contributed by atoms with Crippen molar-refractivity contribution < 1.29 is 44.0 Å². The van der Waals surface area contributed by atoms with Crippen LogP contribution in [0.15, 0.2) is 12.1 Å². The third-order valence-corrected chi connectivity index (χ3v) is 4.99. The van der Waals surface area contributed by atoms with Gasteiger partial charge in [-0.2, -0.15) is 0 Å². The quantitative estimate of drug-likeness (QED) is 0.352. The van der Waals surface area contributed by atoms with E-state index in [1.165, 1.54) is 11.0 Å². The van der Waals surface area contributed by atoms with E-state index in [-0.39, 0.29) is 61.6 Å². The van der Waals surface area contributed by atoms with Gasteiger partial charge in [0.05, 0.1) is 18.8 Å². The Bertz CT molecular complexity index is 838. The summed E-state index contributed by atoms with van der Waals surface area (Å²) in [6.45, 7) is -2.70. The molecule has 0 aromatic heterocycles. The molecule has 29 heavy (non-hydrogen) atoms. The SMILES string of the molecule is N[C@@H](CCC(=O)N1CC(Oc2ccc3c(c2C(=O)O)O[B-](O)(O)CC3)C1)C(=O)O. The van der Waals surface area contributed by atoms with E-state index < -0.39 is 30.8 Å². The summed E-state index contributed by atoms with van der Waals surface area (Å²) in [5, 5.41) is 37.8. The fourth-order valence-electron chi connectivity index (χ4n) is 3.29. The van der Waals surface area contributed by atoms with Crippen LogP contribution in [0.2, 0.25) is 6.32 Å². The average molecular weight is 409 g/mol. The predicted molar refractivity (Wildman–Crippen MR) is 98.6 cm³/mol. The van der Waals surface area contributed by atoms with E-state index in [1.54, 1.807) is 6.07 Å². The molecular weight excluding hydrogens is 387 g/mol. The van der Waals surface area contributed by atoms with Crippen LogP contribution in [0.5, 0.6) is 11.5 Å². The van der Waals surface area contributed by atoms with Crippen LogP contribution in [0.25, 0.3) is 0 Å². The molecule has 0 spiro atoms. The highest BCUT2D eigenvalue weighted by molar-refractivity contribution is 6.59. The van der Waals surface area contributed by atoms with Crippen LogP contribution in [0.1, 0.15) is 28.8 Å². The van der Waals surface area contributed by atoms with Crippen LogP contribution >= 0.6 is 0 Å². The van der Waals surface area contributed by atoms with Crippen molar-refractivity contribution in [3.63, 3.8) is 0 Å². The zero-order valence-electron chi connectivity index (χ0n) is 15.5. The number of aryl methyl sites for hydroxylation is 1. The molecule has 2 aliphatic heterocycles. The molecule has 6 N–H and O–H groups in total. The van der Waals surface area contributed by atoms with E-state index in [0.717, 1.165) is 0 Å². The van der Waals surface area contributed by atoms with E-state index in [9.17, 15) is 29.5 Å². The number of amides is 1. The summed E-state index contributed by atoms with van der Waals surface area (Å²) in [5.74, 6) is -2.88. The molecule has 1 saturated heterocycles. The monoisotopic (exact) mass is 409 g/mol. The topological polar surface area (TPSA) is 180 Å². The van der Waals surface area contributed by atoms with Crippen LogP contribution in [0.3, 0.4) is 0 Å². The highest BCUT2D eigenvalue weighted by atomic mass is 16.6. The number of likely N-dealkylation sites (tertiary alicyclic amines) is 1. The first-order valence-electron chi connectivity index (χ1n) is 9.18. The van der Waals surface area contributed by atoms with E-state index in [0.29, 0.717) is 5.56 Å². The lowest BCUT2D eigenvalue weighted by molar-refractivity contribution is -0.141. The molecule has 1 aromatic carbocycles. The molecule has 0 radical (unpaired) electrons. The fourth-order valence-corrected chi connectivity index (χ4v) is 3.29. The Morgan fingerprint density at radius 3 is 2.59 bits per heavy atom. The van der Waals surface area contributed by atoms with Crippen molar-refractivity contribution in [2.45, 2.75) is 37.7 Å². The first-order valence-corrected chi connectivity index (χ1v) is 9.18. The minimum Gasteiger partial charge on any atom is -0.669 e. The molecule has 0 saturated carbocycles. The Morgan fingerprint density at radius 2 is 1.97 bits per heavy atom. The van der Waals surface area contributed by atoms with E-state index in [1.807, 2.05) is 0 Å². The number of carboxylic acids is 2. The molecular formula is C17H22BN2O9-. The van der Waals surface area contributed by atoms with Crippen molar-refractivity contribution in [3.05, 3.63) is 23.3 Å². The van der Waals surface area contributed by atoms with Gasteiger partial charge >= 0.3 is 18.7 Å². The minimum atomic E-state index is -3.13. The Labute approximate surface area is 165 Å². The maximum atomic E-state index is 12.0. The summed E-state index contributed by atoms with van der Waals surface area (Å²) in [6.07, 6.45) is -0.215. The predicted octanol–water partition coefficient (Wildman–Crippen LogP) is -0.975. The highest BCUT2D eigenvalue weighted by Gasteiger charge is 2.36. The van der Waals surface area contributed by atoms with Gasteiger partial charge in [-0.15, -0.1) is 0 Å². The van der Waals surface area contributed by atoms with Crippen LogP contribution in [-0.4, -0.2) is 75.0 Å². The second-order valence-electron chi connectivity index (χ2n) is 7.27. The first-order chi connectivity index (χ1) is 13.6. The van der Waals surface area contributed by atoms with Crippen molar-refractivity contribution in [1.82, 2.24) is 4.90 Å². The van der Waals surface area contributed by atoms with Gasteiger partial charge in [-0.25, -0.2) is 4.79 Å². The molecule has 3 rings (SSSR count). The molecule has 12 heteroatoms. The highest BCUT2D eigenvalue weighted by Crippen LogP contribution is 2.38. The molecule has 0 unspecified atom stereocenters. The van der Waals surface area contributed by atoms with Gasteiger partial charge in [0.25, 0.3) is 0 Å². The molecule has 1 aromatic rings. The minimum absolute atomic E-state index is 0.00903. The number of hydrogen-bond donors (Lipinski definition) is 5. The Hall–Kier alpha value is -2.83. The fraction of sp³-hybridized carbons (Fsp3) is 0.471. The van der Waals surface area contributed by atoms with Gasteiger partial charge in [0.15, 0.2) is 0 Å². The van der Waals surface area contributed by atoms with Crippen LogP contribution < -0.4 is 15.1 Å². The van der Waals surface area contributed by atoms with Crippen molar-refractivity contribution in [3.8, 4) is 11.5 Å². The second kappa shape index (κ2) is 7.89. The molecule has 1 fully saturated rings. The van der Waals surface area contributed by atoms with Crippen molar-refractivity contribution in [2.24, 2.45) is 5.73 Å². The lowest BCUT2D eigenvalue weighted by atomic mass is 9.70. The lowest BCUT2D eigenvalue weighted by Crippen LogP contribution is -2.56. The molecule has 0 aliphatic carbocycles. The summed E-state index contributed by atoms with van der Waals surface area (Å²) >= 11 is 0. The number of rotatable bonds is 7. The van der Waals surface area contributed by atoms with Gasteiger partial charge in [0.2, 0.25) is 5.91 Å². The smallest absolute Gasteiger partial charge is 0.430 e. The van der Waals surface area contributed by atoms with E-state index in [4.69, 9.17) is 20.2 Å². The number of fused-ring (bicyclic) bond motifs is 1.